The molecule has 0 aliphatic carbocycles. The SMILES string of the molecule is C=CC(=O)Nc1ccc(OCCC)c(OCCC)c1. The van der Waals surface area contributed by atoms with Crippen molar-refractivity contribution >= 4 is 11.6 Å². The van der Waals surface area contributed by atoms with Gasteiger partial charge in [0.05, 0.1) is 13.2 Å². The molecule has 0 spiro atoms. The molecule has 0 aliphatic heterocycles. The number of anilines is 1. The molecule has 0 aliphatic rings. The molecular weight excluding hydrogens is 242 g/mol. The molecule has 0 radical (unpaired) electrons. The van der Waals surface area contributed by atoms with Crippen LogP contribution in [-0.4, -0.2) is 19.1 Å². The van der Waals surface area contributed by atoms with E-state index in [-0.39, 0.29) is 5.91 Å². The molecule has 0 unspecified atom stereocenters. The fourth-order valence-electron chi connectivity index (χ4n) is 1.44. The minimum atomic E-state index is -0.247. The van der Waals surface area contributed by atoms with Crippen molar-refractivity contribution in [2.45, 2.75) is 26.7 Å². The number of carbonyl (C=O) groups excluding carboxylic acids is 1. The minimum absolute atomic E-state index is 0.247. The molecule has 1 N–H and O–H groups in total. The van der Waals surface area contributed by atoms with Crippen LogP contribution in [0.3, 0.4) is 0 Å². The second-order valence-electron chi connectivity index (χ2n) is 4.05. The molecule has 0 saturated heterocycles. The first-order valence-electron chi connectivity index (χ1n) is 6.54. The highest BCUT2D eigenvalue weighted by atomic mass is 16.5. The summed E-state index contributed by atoms with van der Waals surface area (Å²) < 4.78 is 11.2. The van der Waals surface area contributed by atoms with E-state index in [1.54, 1.807) is 18.2 Å². The van der Waals surface area contributed by atoms with Gasteiger partial charge in [0.25, 0.3) is 0 Å². The van der Waals surface area contributed by atoms with Gasteiger partial charge in [0.1, 0.15) is 0 Å². The van der Waals surface area contributed by atoms with Gasteiger partial charge < -0.3 is 14.8 Å². The monoisotopic (exact) mass is 263 g/mol. The van der Waals surface area contributed by atoms with Gasteiger partial charge in [-0.3, -0.25) is 4.79 Å². The number of amides is 1. The number of nitrogens with one attached hydrogen (secondary N) is 1. The molecule has 0 aromatic heterocycles. The summed E-state index contributed by atoms with van der Waals surface area (Å²) in [7, 11) is 0. The lowest BCUT2D eigenvalue weighted by atomic mass is 10.2. The Morgan fingerprint density at radius 2 is 1.84 bits per heavy atom. The zero-order valence-corrected chi connectivity index (χ0v) is 11.6. The molecule has 104 valence electrons. The van der Waals surface area contributed by atoms with Crippen LogP contribution < -0.4 is 14.8 Å². The number of hydrogen-bond donors (Lipinski definition) is 1. The van der Waals surface area contributed by atoms with Crippen LogP contribution in [0, 0.1) is 0 Å². The van der Waals surface area contributed by atoms with Gasteiger partial charge in [-0.05, 0) is 31.1 Å². The summed E-state index contributed by atoms with van der Waals surface area (Å²) in [6.07, 6.45) is 3.08. The highest BCUT2D eigenvalue weighted by Crippen LogP contribution is 2.30. The predicted octanol–water partition coefficient (Wildman–Crippen LogP) is 3.39. The third-order valence-corrected chi connectivity index (χ3v) is 2.32. The molecule has 1 aromatic carbocycles. The standard InChI is InChI=1S/C15H21NO3/c1-4-9-18-13-8-7-12(16-15(17)6-3)11-14(13)19-10-5-2/h6-8,11H,3-5,9-10H2,1-2H3,(H,16,17). The summed E-state index contributed by atoms with van der Waals surface area (Å²) in [6.45, 7) is 8.76. The third kappa shape index (κ3) is 5.04. The largest absolute Gasteiger partial charge is 0.490 e. The lowest BCUT2D eigenvalue weighted by Gasteiger charge is -2.13. The first kappa shape index (κ1) is 15.1. The molecule has 4 nitrogen and oxygen atoms in total. The smallest absolute Gasteiger partial charge is 0.247 e. The maximum absolute atomic E-state index is 11.3. The Hall–Kier alpha value is -1.97. The Bertz CT molecular complexity index is 429. The molecular formula is C15H21NO3. The van der Waals surface area contributed by atoms with Crippen molar-refractivity contribution in [1.29, 1.82) is 0 Å². The molecule has 1 rings (SSSR count). The Labute approximate surface area is 114 Å². The number of carbonyl (C=O) groups is 1. The van der Waals surface area contributed by atoms with E-state index in [0.717, 1.165) is 12.8 Å². The summed E-state index contributed by atoms with van der Waals surface area (Å²) in [5, 5.41) is 2.70. The van der Waals surface area contributed by atoms with Crippen LogP contribution in [0.2, 0.25) is 0 Å². The summed E-state index contributed by atoms with van der Waals surface area (Å²) in [6, 6.07) is 5.35. The van der Waals surface area contributed by atoms with Gasteiger partial charge in [-0.25, -0.2) is 0 Å². The number of ether oxygens (including phenoxy) is 2. The van der Waals surface area contributed by atoms with Crippen LogP contribution in [0.5, 0.6) is 11.5 Å². The van der Waals surface area contributed by atoms with Gasteiger partial charge in [0, 0.05) is 11.8 Å². The molecule has 0 fully saturated rings. The van der Waals surface area contributed by atoms with Crippen molar-refractivity contribution < 1.29 is 14.3 Å². The number of hydrogen-bond acceptors (Lipinski definition) is 3. The van der Waals surface area contributed by atoms with Crippen molar-refractivity contribution in [3.05, 3.63) is 30.9 Å². The molecule has 0 saturated carbocycles. The molecule has 19 heavy (non-hydrogen) atoms. The molecule has 0 bridgehead atoms. The van der Waals surface area contributed by atoms with E-state index in [1.165, 1.54) is 6.08 Å². The Morgan fingerprint density at radius 1 is 1.21 bits per heavy atom. The Kier molecular flexibility index (Phi) is 6.50. The first-order valence-corrected chi connectivity index (χ1v) is 6.54. The zero-order valence-electron chi connectivity index (χ0n) is 11.6. The van der Waals surface area contributed by atoms with Crippen LogP contribution in [0.25, 0.3) is 0 Å². The maximum Gasteiger partial charge on any atom is 0.247 e. The summed E-state index contributed by atoms with van der Waals surface area (Å²) in [5.41, 5.74) is 0.667. The van der Waals surface area contributed by atoms with Crippen molar-refractivity contribution in [1.82, 2.24) is 0 Å². The number of rotatable bonds is 8. The molecule has 4 heteroatoms. The van der Waals surface area contributed by atoms with Gasteiger partial charge in [-0.15, -0.1) is 0 Å². The molecule has 0 atom stereocenters. The topological polar surface area (TPSA) is 47.6 Å². The minimum Gasteiger partial charge on any atom is -0.490 e. The molecule has 1 aromatic rings. The van der Waals surface area contributed by atoms with Crippen molar-refractivity contribution in [2.24, 2.45) is 0 Å². The summed E-state index contributed by atoms with van der Waals surface area (Å²) in [5.74, 6) is 1.10. The van der Waals surface area contributed by atoms with E-state index in [4.69, 9.17) is 9.47 Å². The second-order valence-corrected chi connectivity index (χ2v) is 4.05. The maximum atomic E-state index is 11.3. The van der Waals surface area contributed by atoms with Crippen molar-refractivity contribution in [3.63, 3.8) is 0 Å². The third-order valence-electron chi connectivity index (χ3n) is 2.32. The average molecular weight is 263 g/mol. The summed E-state index contributed by atoms with van der Waals surface area (Å²) in [4.78, 5) is 11.3. The summed E-state index contributed by atoms with van der Waals surface area (Å²) >= 11 is 0. The Balaban J connectivity index is 2.86. The van der Waals surface area contributed by atoms with Crippen molar-refractivity contribution in [3.8, 4) is 11.5 Å². The lowest BCUT2D eigenvalue weighted by molar-refractivity contribution is -0.111. The average Bonchev–Trinajstić information content (AvgIpc) is 2.43. The Morgan fingerprint density at radius 3 is 2.42 bits per heavy atom. The van der Waals surface area contributed by atoms with Gasteiger partial charge in [-0.2, -0.15) is 0 Å². The first-order chi connectivity index (χ1) is 9.21. The fourth-order valence-corrected chi connectivity index (χ4v) is 1.44. The van der Waals surface area contributed by atoms with E-state index in [1.807, 2.05) is 13.8 Å². The van der Waals surface area contributed by atoms with Gasteiger partial charge in [0.15, 0.2) is 11.5 Å². The fraction of sp³-hybridized carbons (Fsp3) is 0.400. The quantitative estimate of drug-likeness (QED) is 0.731. The van der Waals surface area contributed by atoms with Crippen LogP contribution in [-0.2, 0) is 4.79 Å². The van der Waals surface area contributed by atoms with E-state index in [9.17, 15) is 4.79 Å². The highest BCUT2D eigenvalue weighted by molar-refractivity contribution is 5.99. The van der Waals surface area contributed by atoms with Gasteiger partial charge in [0.2, 0.25) is 5.91 Å². The van der Waals surface area contributed by atoms with E-state index >= 15 is 0 Å². The van der Waals surface area contributed by atoms with E-state index in [0.29, 0.717) is 30.4 Å². The number of benzene rings is 1. The van der Waals surface area contributed by atoms with E-state index in [2.05, 4.69) is 11.9 Å². The van der Waals surface area contributed by atoms with Crippen LogP contribution in [0.15, 0.2) is 30.9 Å². The van der Waals surface area contributed by atoms with Crippen LogP contribution in [0.4, 0.5) is 5.69 Å². The predicted molar refractivity (Wildman–Crippen MR) is 76.8 cm³/mol. The van der Waals surface area contributed by atoms with Crippen LogP contribution in [0.1, 0.15) is 26.7 Å². The van der Waals surface area contributed by atoms with Crippen molar-refractivity contribution in [2.75, 3.05) is 18.5 Å². The normalized spacial score (nSPS) is 9.79. The zero-order chi connectivity index (χ0) is 14.1. The van der Waals surface area contributed by atoms with Crippen LogP contribution >= 0.6 is 0 Å². The van der Waals surface area contributed by atoms with Gasteiger partial charge in [-0.1, -0.05) is 20.4 Å². The molecule has 1 amide bonds. The highest BCUT2D eigenvalue weighted by Gasteiger charge is 2.07. The lowest BCUT2D eigenvalue weighted by Crippen LogP contribution is -2.08. The van der Waals surface area contributed by atoms with E-state index < -0.39 is 0 Å². The molecule has 0 heterocycles. The van der Waals surface area contributed by atoms with Gasteiger partial charge >= 0.3 is 0 Å². The second kappa shape index (κ2) is 8.19.